The fourth-order valence-electron chi connectivity index (χ4n) is 4.52. The molecule has 49 heavy (non-hydrogen) atoms. The van der Waals surface area contributed by atoms with E-state index < -0.39 is 0 Å². The number of rotatable bonds is 8. The Morgan fingerprint density at radius 2 is 0.653 bits per heavy atom. The van der Waals surface area contributed by atoms with Crippen LogP contribution in [0.1, 0.15) is 224 Å². The lowest BCUT2D eigenvalue weighted by atomic mass is 9.96. The first-order valence-corrected chi connectivity index (χ1v) is 18.6. The molecular formula is C47H80OS. The predicted octanol–water partition coefficient (Wildman–Crippen LogP) is 17.3. The van der Waals surface area contributed by atoms with E-state index in [2.05, 4.69) is 184 Å². The van der Waals surface area contributed by atoms with Crippen LogP contribution < -0.4 is 0 Å². The molecular weight excluding hydrogens is 613 g/mol. The highest BCUT2D eigenvalue weighted by Crippen LogP contribution is 2.29. The van der Waals surface area contributed by atoms with Crippen molar-refractivity contribution in [2.45, 2.75) is 180 Å². The standard InChI is InChI=1S/2C12H18.C10H16O.C10H16S.3CH4/c1-9(2)11-5-7-12(8-6-11)10(3)4;1-9(2)11-6-5-7-12(8-11)10(3)4;2*1-7(2)9-5-6-10(11-9)8(3)4;;;/h2*5-10H,1-4H3;2*5-8H,1-4H3;3*1H4. The van der Waals surface area contributed by atoms with Crippen molar-refractivity contribution in [1.29, 1.82) is 0 Å². The molecule has 0 spiro atoms. The third-order valence-electron chi connectivity index (χ3n) is 8.09. The second kappa shape index (κ2) is 25.4. The molecule has 2 aromatic carbocycles. The summed E-state index contributed by atoms with van der Waals surface area (Å²) in [5.74, 6) is 7.14. The van der Waals surface area contributed by atoms with Gasteiger partial charge in [0.25, 0.3) is 0 Å². The monoisotopic (exact) mass is 693 g/mol. The highest BCUT2D eigenvalue weighted by Gasteiger charge is 2.08. The van der Waals surface area contributed by atoms with E-state index in [4.69, 9.17) is 4.42 Å². The SMILES string of the molecule is C.C.C.CC(C)c1ccc(C(C)C)cc1.CC(C)c1ccc(C(C)C)o1.CC(C)c1ccc(C(C)C)s1.CC(C)c1cccc(C(C)C)c1. The van der Waals surface area contributed by atoms with Gasteiger partial charge in [0.05, 0.1) is 0 Å². The molecule has 0 unspecified atom stereocenters. The molecule has 0 N–H and O–H groups in total. The van der Waals surface area contributed by atoms with Gasteiger partial charge in [-0.2, -0.15) is 0 Å². The summed E-state index contributed by atoms with van der Waals surface area (Å²) in [4.78, 5) is 3.02. The van der Waals surface area contributed by atoms with Gasteiger partial charge in [-0.15, -0.1) is 11.3 Å². The van der Waals surface area contributed by atoms with Gasteiger partial charge < -0.3 is 4.42 Å². The molecule has 0 aliphatic carbocycles. The average Bonchev–Trinajstić information content (AvgIpc) is 3.70. The molecule has 0 aliphatic heterocycles. The smallest absolute Gasteiger partial charge is 0.106 e. The van der Waals surface area contributed by atoms with E-state index in [1.165, 1.54) is 32.0 Å². The Bertz CT molecular complexity index is 1200. The number of hydrogen-bond acceptors (Lipinski definition) is 2. The molecule has 4 rings (SSSR count). The van der Waals surface area contributed by atoms with Gasteiger partial charge in [0.2, 0.25) is 0 Å². The van der Waals surface area contributed by atoms with Crippen LogP contribution in [0.4, 0.5) is 0 Å². The topological polar surface area (TPSA) is 13.1 Å². The van der Waals surface area contributed by atoms with Gasteiger partial charge in [-0.3, -0.25) is 0 Å². The number of hydrogen-bond donors (Lipinski definition) is 0. The zero-order valence-corrected chi connectivity index (χ0v) is 33.2. The van der Waals surface area contributed by atoms with Crippen molar-refractivity contribution in [3.05, 3.63) is 116 Å². The van der Waals surface area contributed by atoms with Crippen LogP contribution in [0.3, 0.4) is 0 Å². The molecule has 0 saturated heterocycles. The summed E-state index contributed by atoms with van der Waals surface area (Å²) in [5, 5.41) is 0. The van der Waals surface area contributed by atoms with Crippen LogP contribution in [0, 0.1) is 0 Å². The number of furan rings is 1. The van der Waals surface area contributed by atoms with Crippen LogP contribution in [-0.4, -0.2) is 0 Å². The second-order valence-electron chi connectivity index (χ2n) is 15.1. The molecule has 0 aliphatic rings. The maximum absolute atomic E-state index is 5.61. The molecule has 280 valence electrons. The Hall–Kier alpha value is -2.58. The molecule has 2 heteroatoms. The maximum atomic E-state index is 5.61. The first-order chi connectivity index (χ1) is 21.4. The summed E-state index contributed by atoms with van der Waals surface area (Å²) in [6.07, 6.45) is 0. The minimum Gasteiger partial charge on any atom is -0.466 e. The third kappa shape index (κ3) is 18.8. The van der Waals surface area contributed by atoms with Crippen molar-refractivity contribution < 1.29 is 4.42 Å². The number of thiophene rings is 1. The van der Waals surface area contributed by atoms with Crippen molar-refractivity contribution in [2.75, 3.05) is 0 Å². The van der Waals surface area contributed by atoms with Gasteiger partial charge in [-0.05, 0) is 82.0 Å². The van der Waals surface area contributed by atoms with Crippen LogP contribution in [-0.2, 0) is 0 Å². The third-order valence-corrected chi connectivity index (χ3v) is 9.77. The second-order valence-corrected chi connectivity index (χ2v) is 16.2. The summed E-state index contributed by atoms with van der Waals surface area (Å²) in [5.41, 5.74) is 5.75. The summed E-state index contributed by atoms with van der Waals surface area (Å²) in [6.45, 7) is 35.4. The fraction of sp³-hybridized carbons (Fsp3) is 0.574. The Morgan fingerprint density at radius 1 is 0.347 bits per heavy atom. The lowest BCUT2D eigenvalue weighted by Gasteiger charge is -2.09. The van der Waals surface area contributed by atoms with E-state index >= 15 is 0 Å². The Labute approximate surface area is 311 Å². The Balaban J connectivity index is -0.000000565. The van der Waals surface area contributed by atoms with E-state index in [0.29, 0.717) is 47.3 Å². The van der Waals surface area contributed by atoms with E-state index in [9.17, 15) is 0 Å². The van der Waals surface area contributed by atoms with E-state index in [0.717, 1.165) is 11.5 Å². The highest BCUT2D eigenvalue weighted by molar-refractivity contribution is 7.12. The zero-order valence-electron chi connectivity index (χ0n) is 32.4. The van der Waals surface area contributed by atoms with Crippen LogP contribution in [0.5, 0.6) is 0 Å². The summed E-state index contributed by atoms with van der Waals surface area (Å²) in [7, 11) is 0. The lowest BCUT2D eigenvalue weighted by Crippen LogP contribution is -1.91. The van der Waals surface area contributed by atoms with Gasteiger partial charge in [0, 0.05) is 21.6 Å². The van der Waals surface area contributed by atoms with Crippen molar-refractivity contribution in [1.82, 2.24) is 0 Å². The van der Waals surface area contributed by atoms with Gasteiger partial charge in [0.15, 0.2) is 0 Å². The molecule has 2 aromatic heterocycles. The largest absolute Gasteiger partial charge is 0.466 e. The van der Waals surface area contributed by atoms with Crippen molar-refractivity contribution in [2.24, 2.45) is 0 Å². The van der Waals surface area contributed by atoms with Gasteiger partial charge in [-0.1, -0.05) is 182 Å². The van der Waals surface area contributed by atoms with E-state index in [-0.39, 0.29) is 22.3 Å². The van der Waals surface area contributed by atoms with Crippen LogP contribution >= 0.6 is 11.3 Å². The van der Waals surface area contributed by atoms with Crippen LogP contribution in [0.2, 0.25) is 0 Å². The zero-order chi connectivity index (χ0) is 35.1. The normalized spacial score (nSPS) is 10.6. The van der Waals surface area contributed by atoms with Crippen LogP contribution in [0.25, 0.3) is 0 Å². The Kier molecular flexibility index (Phi) is 26.3. The van der Waals surface area contributed by atoms with Gasteiger partial charge in [0.1, 0.15) is 11.5 Å². The molecule has 0 fully saturated rings. The predicted molar refractivity (Wildman–Crippen MR) is 229 cm³/mol. The van der Waals surface area contributed by atoms with E-state index in [1.807, 2.05) is 11.3 Å². The average molecular weight is 693 g/mol. The molecule has 0 amide bonds. The Morgan fingerprint density at radius 3 is 0.857 bits per heavy atom. The molecule has 4 aromatic rings. The minimum atomic E-state index is 0. The quantitative estimate of drug-likeness (QED) is 0.179. The molecule has 0 saturated carbocycles. The lowest BCUT2D eigenvalue weighted by molar-refractivity contribution is 0.432. The first kappa shape index (κ1) is 50.8. The van der Waals surface area contributed by atoms with Crippen molar-refractivity contribution in [3.8, 4) is 0 Å². The van der Waals surface area contributed by atoms with Gasteiger partial charge >= 0.3 is 0 Å². The minimum absolute atomic E-state index is 0. The van der Waals surface area contributed by atoms with Crippen molar-refractivity contribution in [3.63, 3.8) is 0 Å². The van der Waals surface area contributed by atoms with E-state index in [1.54, 1.807) is 0 Å². The number of benzene rings is 2. The molecule has 0 bridgehead atoms. The molecule has 2 heterocycles. The van der Waals surface area contributed by atoms with Crippen molar-refractivity contribution >= 4 is 11.3 Å². The maximum Gasteiger partial charge on any atom is 0.106 e. The first-order valence-electron chi connectivity index (χ1n) is 17.8. The summed E-state index contributed by atoms with van der Waals surface area (Å²) >= 11 is 1.95. The fourth-order valence-corrected chi connectivity index (χ4v) is 5.54. The van der Waals surface area contributed by atoms with Gasteiger partial charge in [-0.25, -0.2) is 0 Å². The molecule has 0 atom stereocenters. The summed E-state index contributed by atoms with van der Waals surface area (Å²) < 4.78 is 5.61. The highest BCUT2D eigenvalue weighted by atomic mass is 32.1. The summed E-state index contributed by atoms with van der Waals surface area (Å²) in [6, 6.07) is 26.5. The molecule has 0 radical (unpaired) electrons. The van der Waals surface area contributed by atoms with Crippen LogP contribution in [0.15, 0.2) is 77.2 Å². The molecule has 1 nitrogen and oxygen atoms in total.